The van der Waals surface area contributed by atoms with Crippen molar-refractivity contribution in [1.29, 1.82) is 0 Å². The number of benzene rings is 3. The third-order valence-electron chi connectivity index (χ3n) is 9.24. The van der Waals surface area contributed by atoms with Crippen molar-refractivity contribution in [3.8, 4) is 5.75 Å². The highest BCUT2D eigenvalue weighted by Crippen LogP contribution is 2.47. The number of fused-ring (bicyclic) bond motifs is 1. The van der Waals surface area contributed by atoms with Crippen LogP contribution >= 0.6 is 0 Å². The van der Waals surface area contributed by atoms with E-state index in [0.29, 0.717) is 17.5 Å². The monoisotopic (exact) mass is 550 g/mol. The molecule has 0 aromatic heterocycles. The van der Waals surface area contributed by atoms with Crippen molar-refractivity contribution < 1.29 is 9.53 Å². The summed E-state index contributed by atoms with van der Waals surface area (Å²) >= 11 is 0. The fourth-order valence-electron chi connectivity index (χ4n) is 7.29. The Kier molecular flexibility index (Phi) is 7.50. The van der Waals surface area contributed by atoms with Crippen molar-refractivity contribution in [2.45, 2.75) is 77.2 Å². The molecule has 3 aliphatic rings. The van der Waals surface area contributed by atoms with E-state index in [9.17, 15) is 4.79 Å². The molecule has 2 amide bonds. The van der Waals surface area contributed by atoms with Crippen molar-refractivity contribution in [3.05, 3.63) is 83.9 Å². The maximum Gasteiger partial charge on any atom is 0.349 e. The molecule has 1 heterocycles. The van der Waals surface area contributed by atoms with Crippen LogP contribution in [0.15, 0.2) is 77.9 Å². The van der Waals surface area contributed by atoms with Crippen molar-refractivity contribution in [2.24, 2.45) is 16.4 Å². The van der Waals surface area contributed by atoms with E-state index in [1.54, 1.807) is 7.11 Å². The Balaban J connectivity index is 1.45. The second-order valence-corrected chi connectivity index (χ2v) is 12.8. The van der Waals surface area contributed by atoms with Gasteiger partial charge in [0.2, 0.25) is 0 Å². The number of carbonyl (C=O) groups is 1. The van der Waals surface area contributed by atoms with E-state index in [1.807, 2.05) is 52.4 Å². The minimum atomic E-state index is -0.0933. The van der Waals surface area contributed by atoms with E-state index in [0.717, 1.165) is 60.5 Å². The summed E-state index contributed by atoms with van der Waals surface area (Å²) in [6.45, 7) is 4.66. The molecular formula is C35H42N4O2. The van der Waals surface area contributed by atoms with Gasteiger partial charge in [-0.2, -0.15) is 5.10 Å². The summed E-state index contributed by atoms with van der Waals surface area (Å²) in [5.41, 5.74) is 11.9. The number of anilines is 3. The van der Waals surface area contributed by atoms with Crippen molar-refractivity contribution in [3.63, 3.8) is 0 Å². The van der Waals surface area contributed by atoms with Crippen molar-refractivity contribution in [2.75, 3.05) is 17.7 Å². The first-order chi connectivity index (χ1) is 19.8. The average Bonchev–Trinajstić information content (AvgIpc) is 3.11. The van der Waals surface area contributed by atoms with Gasteiger partial charge in [-0.15, -0.1) is 0 Å². The number of amides is 2. The quantitative estimate of drug-likeness (QED) is 0.324. The molecule has 1 aliphatic heterocycles. The molecule has 3 aromatic carbocycles. The van der Waals surface area contributed by atoms with Crippen LogP contribution in [0.2, 0.25) is 0 Å². The van der Waals surface area contributed by atoms with Gasteiger partial charge in [0, 0.05) is 17.2 Å². The summed E-state index contributed by atoms with van der Waals surface area (Å²) in [6, 6.07) is 24.3. The number of hydrazone groups is 1. The maximum atomic E-state index is 14.8. The number of para-hydroxylation sites is 1. The lowest BCUT2D eigenvalue weighted by Gasteiger charge is -2.44. The van der Waals surface area contributed by atoms with Gasteiger partial charge in [-0.3, -0.25) is 4.90 Å². The number of methoxy groups -OCH3 is 1. The van der Waals surface area contributed by atoms with Crippen LogP contribution in [-0.4, -0.2) is 29.9 Å². The predicted molar refractivity (Wildman–Crippen MR) is 167 cm³/mol. The van der Waals surface area contributed by atoms with Crippen molar-refractivity contribution >= 4 is 28.8 Å². The lowest BCUT2D eigenvalue weighted by molar-refractivity contribution is 0.104. The molecule has 2 saturated carbocycles. The van der Waals surface area contributed by atoms with Crippen molar-refractivity contribution in [1.82, 2.24) is 5.01 Å². The number of hydrogen-bond acceptors (Lipinski definition) is 4. The van der Waals surface area contributed by atoms with E-state index < -0.39 is 0 Å². The zero-order chi connectivity index (χ0) is 28.6. The molecule has 0 spiro atoms. The van der Waals surface area contributed by atoms with Gasteiger partial charge in [-0.1, -0.05) is 63.4 Å². The maximum absolute atomic E-state index is 14.8. The van der Waals surface area contributed by atoms with Crippen LogP contribution in [0.5, 0.6) is 5.75 Å². The fraction of sp³-hybridized carbons (Fsp3) is 0.429. The second-order valence-electron chi connectivity index (χ2n) is 12.8. The number of ether oxygens (including phenoxy) is 1. The van der Waals surface area contributed by atoms with Gasteiger partial charge in [0.25, 0.3) is 0 Å². The molecule has 0 bridgehead atoms. The van der Waals surface area contributed by atoms with Crippen LogP contribution in [0.4, 0.5) is 21.9 Å². The summed E-state index contributed by atoms with van der Waals surface area (Å²) in [5.74, 6) is 1.54. The average molecular weight is 551 g/mol. The van der Waals surface area contributed by atoms with Gasteiger partial charge in [-0.25, -0.2) is 9.80 Å². The van der Waals surface area contributed by atoms with E-state index >= 15 is 0 Å². The molecule has 0 radical (unpaired) electrons. The van der Waals surface area contributed by atoms with Gasteiger partial charge in [0.1, 0.15) is 5.75 Å². The number of rotatable bonds is 5. The van der Waals surface area contributed by atoms with Crippen LogP contribution in [0.25, 0.3) is 0 Å². The predicted octanol–water partition coefficient (Wildman–Crippen LogP) is 8.50. The number of urea groups is 1. The zero-order valence-electron chi connectivity index (χ0n) is 24.6. The molecule has 2 N–H and O–H groups in total. The van der Waals surface area contributed by atoms with E-state index in [2.05, 4.69) is 44.2 Å². The van der Waals surface area contributed by atoms with Gasteiger partial charge in [0.15, 0.2) is 0 Å². The minimum Gasteiger partial charge on any atom is -0.497 e. The minimum absolute atomic E-state index is 0.0254. The van der Waals surface area contributed by atoms with Gasteiger partial charge in [0.05, 0.1) is 30.2 Å². The summed E-state index contributed by atoms with van der Waals surface area (Å²) in [5, 5.41) is 7.23. The highest BCUT2D eigenvalue weighted by atomic mass is 16.5. The molecular weight excluding hydrogens is 508 g/mol. The molecule has 6 rings (SSSR count). The first-order valence-corrected chi connectivity index (χ1v) is 15.1. The Labute approximate surface area is 244 Å². The van der Waals surface area contributed by atoms with E-state index in [4.69, 9.17) is 15.6 Å². The molecule has 2 atom stereocenters. The fourth-order valence-corrected chi connectivity index (χ4v) is 7.29. The molecule has 6 heteroatoms. The summed E-state index contributed by atoms with van der Waals surface area (Å²) in [6.07, 6.45) is 8.75. The molecule has 2 unspecified atom stereocenters. The third-order valence-corrected chi connectivity index (χ3v) is 9.24. The molecule has 0 saturated heterocycles. The third kappa shape index (κ3) is 5.57. The summed E-state index contributed by atoms with van der Waals surface area (Å²) in [4.78, 5) is 16.6. The van der Waals surface area contributed by atoms with Crippen LogP contribution in [0.3, 0.4) is 0 Å². The number of nitrogen functional groups attached to an aromatic ring is 1. The first-order valence-electron chi connectivity index (χ1n) is 15.1. The zero-order valence-corrected chi connectivity index (χ0v) is 24.6. The highest BCUT2D eigenvalue weighted by Gasteiger charge is 2.43. The topological polar surface area (TPSA) is 71.2 Å². The number of hydrogen-bond donors (Lipinski definition) is 1. The Hall–Kier alpha value is -3.80. The standard InChI is InChI=1S/C35H42N4O2/c1-35(2)22-26(24-13-19-30(41-3)20-14-24)21-29(23-35)39-34(40)38(28-17-15-27(36)16-18-28)32-12-8-7-11-31(32)33(37-39)25-9-5-4-6-10-25/h7-8,11-20,25-26,29H,4-6,9-10,21-23,36H2,1-3H3. The summed E-state index contributed by atoms with van der Waals surface area (Å²) in [7, 11) is 1.70. The Bertz CT molecular complexity index is 1410. The number of carbonyl (C=O) groups excluding carboxylic acids is 1. The van der Waals surface area contributed by atoms with E-state index in [-0.39, 0.29) is 17.5 Å². The van der Waals surface area contributed by atoms with Gasteiger partial charge in [-0.05, 0) is 91.5 Å². The normalized spacial score (nSPS) is 23.0. The molecule has 3 aromatic rings. The molecule has 41 heavy (non-hydrogen) atoms. The lowest BCUT2D eigenvalue weighted by Crippen LogP contribution is -2.47. The Morgan fingerprint density at radius 1 is 0.878 bits per heavy atom. The lowest BCUT2D eigenvalue weighted by atomic mass is 9.68. The molecule has 6 nitrogen and oxygen atoms in total. The molecule has 2 aliphatic carbocycles. The summed E-state index contributed by atoms with van der Waals surface area (Å²) < 4.78 is 5.42. The van der Waals surface area contributed by atoms with Crippen LogP contribution in [0.1, 0.15) is 82.3 Å². The molecule has 2 fully saturated rings. The number of nitrogens with zero attached hydrogens (tertiary/aromatic N) is 3. The van der Waals surface area contributed by atoms with Crippen LogP contribution in [0, 0.1) is 11.3 Å². The van der Waals surface area contributed by atoms with E-state index in [1.165, 1.54) is 24.8 Å². The largest absolute Gasteiger partial charge is 0.497 e. The highest BCUT2D eigenvalue weighted by molar-refractivity contribution is 6.13. The van der Waals surface area contributed by atoms with Crippen LogP contribution in [-0.2, 0) is 0 Å². The number of nitrogens with two attached hydrogens (primary N) is 1. The van der Waals surface area contributed by atoms with Crippen LogP contribution < -0.4 is 15.4 Å². The molecule has 214 valence electrons. The smallest absolute Gasteiger partial charge is 0.349 e. The first kappa shape index (κ1) is 27.4. The Morgan fingerprint density at radius 3 is 2.29 bits per heavy atom. The Morgan fingerprint density at radius 2 is 1.59 bits per heavy atom. The van der Waals surface area contributed by atoms with Gasteiger partial charge >= 0.3 is 6.03 Å². The van der Waals surface area contributed by atoms with Gasteiger partial charge < -0.3 is 10.5 Å². The SMILES string of the molecule is COc1ccc(C2CC(N3N=C(C4CCCCC4)c4ccccc4N(c4ccc(N)cc4)C3=O)CC(C)(C)C2)cc1. The second kappa shape index (κ2) is 11.2.